The normalized spacial score (nSPS) is 10.9. The van der Waals surface area contributed by atoms with E-state index >= 15 is 0 Å². The molecule has 0 aliphatic rings. The Labute approximate surface area is 193 Å². The van der Waals surface area contributed by atoms with Crippen LogP contribution in [0.4, 0.5) is 0 Å². The van der Waals surface area contributed by atoms with E-state index in [9.17, 15) is 0 Å². The van der Waals surface area contributed by atoms with E-state index in [1.807, 2.05) is 89.6 Å². The molecule has 0 fully saturated rings. The third kappa shape index (κ3) is 4.41. The Hall–Kier alpha value is -4.19. The molecule has 3 aromatic carbocycles. The van der Waals surface area contributed by atoms with Crippen LogP contribution in [0.2, 0.25) is 0 Å². The van der Waals surface area contributed by atoms with Gasteiger partial charge < -0.3 is 18.9 Å². The Morgan fingerprint density at radius 3 is 1.73 bits per heavy atom. The first kappa shape index (κ1) is 22.0. The van der Waals surface area contributed by atoms with Crippen molar-refractivity contribution in [3.8, 4) is 39.9 Å². The van der Waals surface area contributed by atoms with Gasteiger partial charge in [0.05, 0.1) is 56.6 Å². The second-order valence-corrected chi connectivity index (χ2v) is 7.15. The van der Waals surface area contributed by atoms with Gasteiger partial charge in [-0.05, 0) is 54.6 Å². The second-order valence-electron chi connectivity index (χ2n) is 7.15. The van der Waals surface area contributed by atoms with Crippen molar-refractivity contribution in [1.29, 1.82) is 0 Å². The molecule has 168 valence electrons. The summed E-state index contributed by atoms with van der Waals surface area (Å²) >= 11 is 0. The van der Waals surface area contributed by atoms with Crippen molar-refractivity contribution in [2.75, 3.05) is 28.4 Å². The molecule has 33 heavy (non-hydrogen) atoms. The first-order valence-electron chi connectivity index (χ1n) is 10.5. The van der Waals surface area contributed by atoms with Crippen molar-refractivity contribution in [1.82, 2.24) is 9.78 Å². The molecular weight excluding hydrogens is 416 g/mol. The first-order chi connectivity index (χ1) is 16.2. The van der Waals surface area contributed by atoms with Crippen molar-refractivity contribution in [2.45, 2.75) is 0 Å². The minimum Gasteiger partial charge on any atom is -0.496 e. The summed E-state index contributed by atoms with van der Waals surface area (Å²) in [7, 11) is 6.58. The lowest BCUT2D eigenvalue weighted by molar-refractivity contribution is 0.392. The molecule has 0 aliphatic heterocycles. The average molecular weight is 443 g/mol. The molecule has 0 radical (unpaired) electrons. The smallest absolute Gasteiger partial charge is 0.132 e. The van der Waals surface area contributed by atoms with Crippen LogP contribution in [0.3, 0.4) is 0 Å². The number of rotatable bonds is 8. The van der Waals surface area contributed by atoms with Crippen LogP contribution in [-0.2, 0) is 0 Å². The largest absolute Gasteiger partial charge is 0.496 e. The lowest BCUT2D eigenvalue weighted by Crippen LogP contribution is -2.01. The zero-order valence-corrected chi connectivity index (χ0v) is 19.1. The van der Waals surface area contributed by atoms with Crippen LogP contribution in [0, 0.1) is 0 Å². The van der Waals surface area contributed by atoms with Crippen LogP contribution in [0.25, 0.3) is 29.1 Å². The summed E-state index contributed by atoms with van der Waals surface area (Å²) in [6, 6.07) is 23.4. The third-order valence-electron chi connectivity index (χ3n) is 5.30. The topological polar surface area (TPSA) is 54.7 Å². The van der Waals surface area contributed by atoms with Crippen LogP contribution >= 0.6 is 0 Å². The lowest BCUT2D eigenvalue weighted by Gasteiger charge is -2.14. The van der Waals surface area contributed by atoms with Crippen molar-refractivity contribution >= 4 is 12.2 Å². The molecule has 0 amide bonds. The van der Waals surface area contributed by atoms with Gasteiger partial charge in [0.1, 0.15) is 23.0 Å². The van der Waals surface area contributed by atoms with Gasteiger partial charge in [0, 0.05) is 0 Å². The van der Waals surface area contributed by atoms with Crippen molar-refractivity contribution in [2.24, 2.45) is 0 Å². The number of nitrogens with zero attached hydrogens (tertiary/aromatic N) is 2. The molecule has 0 atom stereocenters. The van der Waals surface area contributed by atoms with Crippen molar-refractivity contribution < 1.29 is 18.9 Å². The van der Waals surface area contributed by atoms with Crippen molar-refractivity contribution in [3.63, 3.8) is 0 Å². The number of hydrogen-bond acceptors (Lipinski definition) is 5. The van der Waals surface area contributed by atoms with Gasteiger partial charge in [-0.2, -0.15) is 5.10 Å². The third-order valence-corrected chi connectivity index (χ3v) is 5.30. The average Bonchev–Trinajstić information content (AvgIpc) is 3.30. The van der Waals surface area contributed by atoms with E-state index in [-0.39, 0.29) is 0 Å². The van der Waals surface area contributed by atoms with Crippen molar-refractivity contribution in [3.05, 3.63) is 84.1 Å². The maximum absolute atomic E-state index is 5.66. The number of aromatic nitrogens is 2. The molecule has 4 rings (SSSR count). The molecule has 1 aromatic heterocycles. The first-order valence-corrected chi connectivity index (χ1v) is 10.5. The maximum Gasteiger partial charge on any atom is 0.132 e. The monoisotopic (exact) mass is 442 g/mol. The molecular formula is C27H26N2O4. The van der Waals surface area contributed by atoms with Crippen LogP contribution in [0.5, 0.6) is 23.0 Å². The minimum absolute atomic E-state index is 0.702. The highest BCUT2D eigenvalue weighted by atomic mass is 16.5. The summed E-state index contributed by atoms with van der Waals surface area (Å²) < 4.78 is 24.2. The Bertz CT molecular complexity index is 1220. The summed E-state index contributed by atoms with van der Waals surface area (Å²) in [5, 5.41) is 4.87. The number of para-hydroxylation sites is 1. The summed E-state index contributed by atoms with van der Waals surface area (Å²) in [6.45, 7) is 0. The maximum atomic E-state index is 5.66. The second kappa shape index (κ2) is 9.96. The number of benzene rings is 3. The number of ether oxygens (including phenoxy) is 4. The van der Waals surface area contributed by atoms with Gasteiger partial charge in [-0.15, -0.1) is 0 Å². The quantitative estimate of drug-likeness (QED) is 0.348. The zero-order valence-electron chi connectivity index (χ0n) is 19.1. The van der Waals surface area contributed by atoms with Gasteiger partial charge in [0.2, 0.25) is 0 Å². The van der Waals surface area contributed by atoms with Gasteiger partial charge in [-0.25, -0.2) is 4.68 Å². The number of hydrogen-bond donors (Lipinski definition) is 0. The van der Waals surface area contributed by atoms with Gasteiger partial charge in [0.15, 0.2) is 0 Å². The van der Waals surface area contributed by atoms with E-state index in [0.717, 1.165) is 39.7 Å². The zero-order chi connectivity index (χ0) is 23.2. The fourth-order valence-electron chi connectivity index (χ4n) is 3.74. The SMILES string of the molecule is COc1cccc(OC)c1C=Cc1cc(-c2c(OC)cccc2OC)n(-c2ccccc2)n1. The summed E-state index contributed by atoms with van der Waals surface area (Å²) in [4.78, 5) is 0. The van der Waals surface area contributed by atoms with Crippen LogP contribution in [-0.4, -0.2) is 38.2 Å². The highest BCUT2D eigenvalue weighted by Gasteiger charge is 2.19. The Morgan fingerprint density at radius 1 is 0.636 bits per heavy atom. The molecule has 0 N–H and O–H groups in total. The highest BCUT2D eigenvalue weighted by molar-refractivity contribution is 5.80. The van der Waals surface area contributed by atoms with E-state index in [1.54, 1.807) is 28.4 Å². The minimum atomic E-state index is 0.702. The van der Waals surface area contributed by atoms with E-state index in [0.29, 0.717) is 11.5 Å². The molecule has 0 spiro atoms. The summed E-state index contributed by atoms with van der Waals surface area (Å²) in [5.41, 5.74) is 4.20. The predicted octanol–water partition coefficient (Wildman–Crippen LogP) is 5.74. The van der Waals surface area contributed by atoms with E-state index in [2.05, 4.69) is 0 Å². The lowest BCUT2D eigenvalue weighted by atomic mass is 10.1. The fraction of sp³-hybridized carbons (Fsp3) is 0.148. The molecule has 6 nitrogen and oxygen atoms in total. The Kier molecular flexibility index (Phi) is 6.64. The molecule has 0 bridgehead atoms. The fourth-order valence-corrected chi connectivity index (χ4v) is 3.74. The molecule has 0 unspecified atom stereocenters. The Morgan fingerprint density at radius 2 is 1.18 bits per heavy atom. The summed E-state index contributed by atoms with van der Waals surface area (Å²) in [5.74, 6) is 2.85. The van der Waals surface area contributed by atoms with E-state index in [1.165, 1.54) is 0 Å². The van der Waals surface area contributed by atoms with Crippen LogP contribution < -0.4 is 18.9 Å². The molecule has 4 aromatic rings. The number of methoxy groups -OCH3 is 4. The van der Waals surface area contributed by atoms with Gasteiger partial charge >= 0.3 is 0 Å². The van der Waals surface area contributed by atoms with Gasteiger partial charge in [0.25, 0.3) is 0 Å². The standard InChI is InChI=1S/C27H26N2O4/c1-30-23-12-8-13-24(31-2)21(23)17-16-19-18-22(29(28-19)20-10-6-5-7-11-20)27-25(32-3)14-9-15-26(27)33-4/h5-18H,1-4H3. The van der Waals surface area contributed by atoms with Crippen LogP contribution in [0.15, 0.2) is 72.8 Å². The predicted molar refractivity (Wildman–Crippen MR) is 131 cm³/mol. The highest BCUT2D eigenvalue weighted by Crippen LogP contribution is 2.40. The van der Waals surface area contributed by atoms with Gasteiger partial charge in [-0.1, -0.05) is 30.3 Å². The van der Waals surface area contributed by atoms with E-state index in [4.69, 9.17) is 24.0 Å². The molecule has 0 aliphatic carbocycles. The van der Waals surface area contributed by atoms with E-state index < -0.39 is 0 Å². The molecule has 0 saturated heterocycles. The van der Waals surface area contributed by atoms with Gasteiger partial charge in [-0.3, -0.25) is 0 Å². The Balaban J connectivity index is 1.88. The summed E-state index contributed by atoms with van der Waals surface area (Å²) in [6.07, 6.45) is 3.88. The molecule has 1 heterocycles. The molecule has 0 saturated carbocycles. The van der Waals surface area contributed by atoms with Crippen LogP contribution in [0.1, 0.15) is 11.3 Å². The molecule has 6 heteroatoms.